The normalized spacial score (nSPS) is 25.8. The van der Waals surface area contributed by atoms with Gasteiger partial charge in [0.15, 0.2) is 23.7 Å². The molecule has 6 fully saturated rings. The van der Waals surface area contributed by atoms with E-state index in [4.69, 9.17) is 60.9 Å². The number of pyridine rings is 2. The molecule has 438 valence electrons. The van der Waals surface area contributed by atoms with Gasteiger partial charge in [-0.3, -0.25) is 24.5 Å². The summed E-state index contributed by atoms with van der Waals surface area (Å²) < 4.78 is 79.0. The van der Waals surface area contributed by atoms with E-state index in [1.165, 1.54) is 6.07 Å². The highest BCUT2D eigenvalue weighted by Gasteiger charge is 2.65. The van der Waals surface area contributed by atoms with Crippen molar-refractivity contribution in [1.82, 2.24) is 55.2 Å². The van der Waals surface area contributed by atoms with Crippen molar-refractivity contribution in [2.24, 2.45) is 5.92 Å². The van der Waals surface area contributed by atoms with Crippen LogP contribution in [0.2, 0.25) is 5.02 Å². The minimum Gasteiger partial charge on any atom is -0.492 e. The molecule has 0 spiro atoms. The highest BCUT2D eigenvalue weighted by atomic mass is 35.5. The van der Waals surface area contributed by atoms with E-state index in [9.17, 15) is 14.7 Å². The maximum absolute atomic E-state index is 17.2. The summed E-state index contributed by atoms with van der Waals surface area (Å²) >= 11 is 6.62. The second kappa shape index (κ2) is 23.5. The van der Waals surface area contributed by atoms with E-state index in [-0.39, 0.29) is 119 Å². The Morgan fingerprint density at radius 1 is 0.940 bits per heavy atom. The molecule has 7 aromatic rings. The number of fused-ring (bicyclic) bond motifs is 5. The van der Waals surface area contributed by atoms with Crippen LogP contribution in [0.5, 0.6) is 17.8 Å². The van der Waals surface area contributed by atoms with Crippen molar-refractivity contribution in [2.45, 2.75) is 68.0 Å². The number of H-pyrrole nitrogens is 1. The summed E-state index contributed by atoms with van der Waals surface area (Å²) in [4.78, 5) is 53.8. The molecule has 4 aromatic heterocycles. The summed E-state index contributed by atoms with van der Waals surface area (Å²) in [6.45, 7) is 3.79. The number of halogens is 3. The molecule has 10 atom stereocenters. The first-order chi connectivity index (χ1) is 40.9. The van der Waals surface area contributed by atoms with Crippen LogP contribution >= 0.6 is 11.6 Å². The molecule has 6 aliphatic heterocycles. The number of likely N-dealkylation sites (tertiary alicyclic amines) is 1. The van der Waals surface area contributed by atoms with Crippen molar-refractivity contribution >= 4 is 62.3 Å². The number of aromatic nitrogens is 6. The number of carbonyl (C=O) groups excluding carboxylic acids is 2. The second-order valence-corrected chi connectivity index (χ2v) is 22.5. The molecule has 6 aliphatic rings. The fourth-order valence-corrected chi connectivity index (χ4v) is 13.0. The molecule has 13 rings (SSSR count). The Bertz CT molecular complexity index is 3690. The minimum absolute atomic E-state index is 0.00783. The van der Waals surface area contributed by atoms with E-state index < -0.39 is 42.1 Å². The van der Waals surface area contributed by atoms with Gasteiger partial charge in [0.2, 0.25) is 11.7 Å². The third-order valence-electron chi connectivity index (χ3n) is 16.8. The Kier molecular flexibility index (Phi) is 15.6. The van der Waals surface area contributed by atoms with Crippen LogP contribution in [-0.2, 0) is 28.5 Å². The number of carbonyl (C=O) groups is 2. The second-order valence-electron chi connectivity index (χ2n) is 22.1. The third kappa shape index (κ3) is 10.9. The Balaban J connectivity index is 0.525. The van der Waals surface area contributed by atoms with E-state index in [1.54, 1.807) is 48.7 Å². The molecule has 25 heteroatoms. The molecule has 3 aromatic carbocycles. The number of nitrogens with one attached hydrogen (secondary N) is 4. The number of amides is 2. The smallest absolute Gasteiger partial charge is 0.407 e. The van der Waals surface area contributed by atoms with Gasteiger partial charge in [0.05, 0.1) is 79.9 Å². The summed E-state index contributed by atoms with van der Waals surface area (Å²) in [5, 5.41) is 21.2. The number of aliphatic hydroxyl groups is 1. The molecule has 6 saturated heterocycles. The van der Waals surface area contributed by atoms with Crippen LogP contribution in [0.3, 0.4) is 0 Å². The van der Waals surface area contributed by atoms with E-state index >= 15 is 8.78 Å². The summed E-state index contributed by atoms with van der Waals surface area (Å²) in [5.74, 6) is 2.59. The first-order valence-corrected chi connectivity index (χ1v) is 28.5. The van der Waals surface area contributed by atoms with Crippen molar-refractivity contribution in [1.29, 1.82) is 0 Å². The lowest BCUT2D eigenvalue weighted by Crippen LogP contribution is -2.72. The van der Waals surface area contributed by atoms with Gasteiger partial charge in [0.1, 0.15) is 78.9 Å². The van der Waals surface area contributed by atoms with Gasteiger partial charge >= 0.3 is 12.1 Å². The monoisotopic (exact) mass is 1170 g/mol. The lowest BCUT2D eigenvalue weighted by molar-refractivity contribution is -0.126. The van der Waals surface area contributed by atoms with Crippen molar-refractivity contribution in [3.05, 3.63) is 89.1 Å². The Hall–Kier alpha value is -7.44. The highest BCUT2D eigenvalue weighted by Crippen LogP contribution is 2.50. The Morgan fingerprint density at radius 2 is 1.79 bits per heavy atom. The lowest BCUT2D eigenvalue weighted by Gasteiger charge is -2.51. The number of imidazole rings is 1. The van der Waals surface area contributed by atoms with Crippen LogP contribution in [0.4, 0.5) is 19.4 Å². The molecule has 0 saturated carbocycles. The number of rotatable bonds is 21. The van der Waals surface area contributed by atoms with Gasteiger partial charge in [0, 0.05) is 48.3 Å². The zero-order valence-electron chi connectivity index (χ0n) is 45.7. The van der Waals surface area contributed by atoms with Crippen LogP contribution in [0.1, 0.15) is 24.8 Å². The summed E-state index contributed by atoms with van der Waals surface area (Å²) in [7, 11) is 1.91. The highest BCUT2D eigenvalue weighted by molar-refractivity contribution is 6.33. The zero-order chi connectivity index (χ0) is 57.6. The lowest BCUT2D eigenvalue weighted by atomic mass is 9.86. The molecule has 22 nitrogen and oxygen atoms in total. The number of ether oxygens (including phenoxy) is 8. The average Bonchev–Trinajstić information content (AvgIpc) is 1.53. The van der Waals surface area contributed by atoms with Crippen molar-refractivity contribution in [2.75, 3.05) is 92.6 Å². The molecule has 0 aliphatic carbocycles. The number of hydrogen-bond acceptors (Lipinski definition) is 18. The summed E-state index contributed by atoms with van der Waals surface area (Å²) in [6, 6.07) is 17.5. The first-order valence-electron chi connectivity index (χ1n) is 28.1. The van der Waals surface area contributed by atoms with Gasteiger partial charge in [-0.1, -0.05) is 41.8 Å². The fraction of sp³-hybridized carbons (Fsp3) is 0.441. The molecular formula is C59H61ClF2N11O11+. The zero-order valence-corrected chi connectivity index (χ0v) is 46.5. The number of alkyl carbamates (subject to hydrolysis) is 1. The van der Waals surface area contributed by atoms with Gasteiger partial charge in [-0.05, 0) is 61.7 Å². The molecule has 10 heterocycles. The van der Waals surface area contributed by atoms with Crippen LogP contribution in [0.25, 0.3) is 55.4 Å². The molecule has 5 N–H and O–H groups in total. The average molecular weight is 1170 g/mol. The number of piperidine rings is 1. The SMILES string of the molecule is C#Cc1c(F)ccc2cccc(-c3ncc4c([N+]56CC7CCC(C5)C6N7)nc(OCC5C[C@@H](OC(=O)NCCOCCOCC(=O)NCCOc6ccc(-c7nc8nc(O[C@@H]9CO[C@@H]%10C(O)CO[C@@H]%109)[nH]c8cc7Cl)cc6)CN5C)nc4c3F)c12. The number of likely N-dealkylation sites (N-methyl/N-ethyl adjacent to an activating group) is 1. The quantitative estimate of drug-likeness (QED) is 0.0359. The predicted octanol–water partition coefficient (Wildman–Crippen LogP) is 5.04. The fourth-order valence-electron chi connectivity index (χ4n) is 12.7. The standard InChI is InChI=1S/C59H60ClF2N11O11/c1-3-38-42(61)14-10-31-5-4-6-39(47(31)38)50-48(62)51-40(23-65-50)56(73-25-33-7-11-34(26-73)66-55(33)73)71-57(69-51)82-27-35-21-37(24-72(35)2)83-59(76)64-15-17-77-19-20-78-30-46(75)63-16-18-79-36-12-8-32(9-13-36)49-41(60)22-43-54(68-49)70-58(67-43)84-45-29-81-52-44(74)28-80-53(45)52/h1,4-6,8-10,12-14,22-23,33-35,37,44-45,52-53,55,66,74H,7,11,15-21,24-30H2,2H3,(H2-,63,64,67,68,70,75,76)/p+1/t33?,34?,35?,37-,44?,45-,52-,53-,55?,73?/m1/s1. The molecule has 2 amide bonds. The Morgan fingerprint density at radius 3 is 2.65 bits per heavy atom. The van der Waals surface area contributed by atoms with Crippen LogP contribution < -0.4 is 34.6 Å². The van der Waals surface area contributed by atoms with Crippen LogP contribution in [-0.4, -0.2) is 193 Å². The van der Waals surface area contributed by atoms with Crippen molar-refractivity contribution in [3.8, 4) is 52.6 Å². The third-order valence-corrected chi connectivity index (χ3v) is 17.0. The molecular weight excluding hydrogens is 1110 g/mol. The van der Waals surface area contributed by atoms with Gasteiger partial charge in [0.25, 0.3) is 6.01 Å². The summed E-state index contributed by atoms with van der Waals surface area (Å²) in [5.41, 5.74) is 2.71. The van der Waals surface area contributed by atoms with Crippen LogP contribution in [0, 0.1) is 29.9 Å². The van der Waals surface area contributed by atoms with Crippen molar-refractivity contribution < 1.29 is 61.4 Å². The molecule has 2 bridgehead atoms. The van der Waals surface area contributed by atoms with Gasteiger partial charge in [-0.25, -0.2) is 18.6 Å². The van der Waals surface area contributed by atoms with Gasteiger partial charge in [-0.2, -0.15) is 9.97 Å². The number of quaternary nitrogens is 1. The Labute approximate surface area is 485 Å². The van der Waals surface area contributed by atoms with E-state index in [0.29, 0.717) is 84.6 Å². The molecule has 0 radical (unpaired) electrons. The summed E-state index contributed by atoms with van der Waals surface area (Å²) in [6.07, 6.45) is 7.27. The van der Waals surface area contributed by atoms with E-state index in [0.717, 1.165) is 31.5 Å². The number of hydrogen-bond donors (Lipinski definition) is 5. The predicted molar refractivity (Wildman–Crippen MR) is 302 cm³/mol. The van der Waals surface area contributed by atoms with E-state index in [1.807, 2.05) is 24.1 Å². The van der Waals surface area contributed by atoms with Gasteiger partial charge < -0.3 is 58.6 Å². The maximum Gasteiger partial charge on any atom is 0.407 e. The first kappa shape index (κ1) is 55.7. The number of nitrogens with zero attached hydrogens (tertiary/aromatic N) is 7. The number of benzene rings is 3. The van der Waals surface area contributed by atoms with Gasteiger partial charge in [-0.15, -0.1) is 11.4 Å². The number of aliphatic hydroxyl groups excluding tert-OH is 1. The minimum atomic E-state index is -0.685. The largest absolute Gasteiger partial charge is 0.492 e. The van der Waals surface area contributed by atoms with E-state index in [2.05, 4.69) is 46.8 Å². The number of aromatic amines is 1. The molecule has 84 heavy (non-hydrogen) atoms. The van der Waals surface area contributed by atoms with Crippen molar-refractivity contribution in [3.63, 3.8) is 0 Å². The van der Waals surface area contributed by atoms with Crippen LogP contribution in [0.15, 0.2) is 66.9 Å². The number of terminal acetylenes is 1. The maximum atomic E-state index is 17.2. The topological polar surface area (TPSA) is 248 Å². The molecule has 6 unspecified atom stereocenters.